The molecular formula is C10H14N2O2. The van der Waals surface area contributed by atoms with Gasteiger partial charge in [0.1, 0.15) is 0 Å². The average Bonchev–Trinajstić information content (AvgIpc) is 2.63. The Bertz CT molecular complexity index is 279. The summed E-state index contributed by atoms with van der Waals surface area (Å²) in [5.41, 5.74) is 1.12. The van der Waals surface area contributed by atoms with E-state index in [0.717, 1.165) is 12.1 Å². The minimum atomic E-state index is -0.383. The number of rotatable bonds is 3. The van der Waals surface area contributed by atoms with Crippen molar-refractivity contribution in [2.24, 2.45) is 0 Å². The third-order valence-corrected chi connectivity index (χ3v) is 2.34. The topological polar surface area (TPSA) is 54.4 Å². The largest absolute Gasteiger partial charge is 0.389 e. The summed E-state index contributed by atoms with van der Waals surface area (Å²) in [4.78, 5) is 4.02. The van der Waals surface area contributed by atoms with Gasteiger partial charge >= 0.3 is 0 Å². The van der Waals surface area contributed by atoms with Crippen molar-refractivity contribution in [1.29, 1.82) is 0 Å². The van der Waals surface area contributed by atoms with Crippen LogP contribution in [0.2, 0.25) is 0 Å². The smallest absolute Gasteiger partial charge is 0.0948 e. The molecule has 0 aliphatic carbocycles. The fourth-order valence-corrected chi connectivity index (χ4v) is 1.49. The highest BCUT2D eigenvalue weighted by molar-refractivity contribution is 5.08. The Hall–Kier alpha value is -0.970. The molecule has 2 unspecified atom stereocenters. The Morgan fingerprint density at radius 3 is 3.14 bits per heavy atom. The van der Waals surface area contributed by atoms with E-state index < -0.39 is 0 Å². The number of hydrogen-bond donors (Lipinski definition) is 2. The molecule has 1 aromatic heterocycles. The molecule has 0 aromatic carbocycles. The molecule has 76 valence electrons. The molecule has 1 aliphatic heterocycles. The van der Waals surface area contributed by atoms with Gasteiger partial charge in [-0.3, -0.25) is 4.98 Å². The van der Waals surface area contributed by atoms with Crippen molar-refractivity contribution in [2.75, 3.05) is 13.2 Å². The van der Waals surface area contributed by atoms with E-state index in [1.807, 2.05) is 18.3 Å². The molecule has 4 nitrogen and oxygen atoms in total. The van der Waals surface area contributed by atoms with Gasteiger partial charge in [-0.15, -0.1) is 0 Å². The Kier molecular flexibility index (Phi) is 3.08. The maximum absolute atomic E-state index is 9.46. The van der Waals surface area contributed by atoms with E-state index in [4.69, 9.17) is 4.74 Å². The summed E-state index contributed by atoms with van der Waals surface area (Å²) < 4.78 is 5.13. The van der Waals surface area contributed by atoms with Gasteiger partial charge in [-0.05, 0) is 11.6 Å². The van der Waals surface area contributed by atoms with Gasteiger partial charge in [0, 0.05) is 18.9 Å². The van der Waals surface area contributed by atoms with Crippen molar-refractivity contribution in [3.05, 3.63) is 30.1 Å². The number of nitrogens with zero attached hydrogens (tertiary/aromatic N) is 1. The lowest BCUT2D eigenvalue weighted by molar-refractivity contribution is 0.122. The third-order valence-electron chi connectivity index (χ3n) is 2.34. The van der Waals surface area contributed by atoms with Gasteiger partial charge in [0.25, 0.3) is 0 Å². The molecule has 14 heavy (non-hydrogen) atoms. The van der Waals surface area contributed by atoms with Crippen molar-refractivity contribution in [2.45, 2.75) is 18.7 Å². The molecule has 2 rings (SSSR count). The second kappa shape index (κ2) is 4.50. The van der Waals surface area contributed by atoms with Gasteiger partial charge < -0.3 is 15.2 Å². The fraction of sp³-hybridized carbons (Fsp3) is 0.500. The van der Waals surface area contributed by atoms with Crippen LogP contribution in [0.4, 0.5) is 0 Å². The van der Waals surface area contributed by atoms with Gasteiger partial charge in [0.05, 0.1) is 25.4 Å². The summed E-state index contributed by atoms with van der Waals surface area (Å²) in [6.45, 7) is 1.74. The van der Waals surface area contributed by atoms with Gasteiger partial charge in [-0.2, -0.15) is 0 Å². The molecule has 2 heterocycles. The Balaban J connectivity index is 1.82. The number of aliphatic hydroxyl groups is 1. The van der Waals surface area contributed by atoms with E-state index in [9.17, 15) is 5.11 Å². The lowest BCUT2D eigenvalue weighted by Gasteiger charge is -2.13. The molecule has 2 atom stereocenters. The normalized spacial score (nSPS) is 26.6. The summed E-state index contributed by atoms with van der Waals surface area (Å²) >= 11 is 0. The van der Waals surface area contributed by atoms with E-state index in [1.165, 1.54) is 0 Å². The highest BCUT2D eigenvalue weighted by Gasteiger charge is 2.25. The van der Waals surface area contributed by atoms with Crippen LogP contribution >= 0.6 is 0 Å². The number of hydrogen-bond acceptors (Lipinski definition) is 4. The quantitative estimate of drug-likeness (QED) is 0.707. The standard InChI is InChI=1S/C10H14N2O2/c13-10-7-14-6-9(10)12-5-8-2-1-3-11-4-8/h1-4,9-10,12-13H,5-7H2. The van der Waals surface area contributed by atoms with Crippen LogP contribution < -0.4 is 5.32 Å². The second-order valence-electron chi connectivity index (χ2n) is 3.45. The van der Waals surface area contributed by atoms with Crippen molar-refractivity contribution in [1.82, 2.24) is 10.3 Å². The molecular weight excluding hydrogens is 180 g/mol. The lowest BCUT2D eigenvalue weighted by atomic mass is 10.2. The first-order valence-corrected chi connectivity index (χ1v) is 4.74. The van der Waals surface area contributed by atoms with Crippen LogP contribution in [-0.2, 0) is 11.3 Å². The molecule has 1 fully saturated rings. The van der Waals surface area contributed by atoms with Gasteiger partial charge in [0.15, 0.2) is 0 Å². The number of ether oxygens (including phenoxy) is 1. The Morgan fingerprint density at radius 1 is 1.57 bits per heavy atom. The second-order valence-corrected chi connectivity index (χ2v) is 3.45. The summed E-state index contributed by atoms with van der Waals surface area (Å²) in [7, 11) is 0. The fourth-order valence-electron chi connectivity index (χ4n) is 1.49. The minimum absolute atomic E-state index is 0.0511. The molecule has 0 amide bonds. The van der Waals surface area contributed by atoms with Gasteiger partial charge in [0.2, 0.25) is 0 Å². The van der Waals surface area contributed by atoms with Crippen LogP contribution in [0.25, 0.3) is 0 Å². The van der Waals surface area contributed by atoms with Crippen LogP contribution in [0.3, 0.4) is 0 Å². The highest BCUT2D eigenvalue weighted by Crippen LogP contribution is 2.06. The van der Waals surface area contributed by atoms with Crippen molar-refractivity contribution in [3.63, 3.8) is 0 Å². The van der Waals surface area contributed by atoms with Crippen LogP contribution in [-0.4, -0.2) is 35.5 Å². The molecule has 2 N–H and O–H groups in total. The summed E-state index contributed by atoms with van der Waals surface area (Å²) in [6.07, 6.45) is 3.18. The predicted molar refractivity (Wildman–Crippen MR) is 51.7 cm³/mol. The first kappa shape index (κ1) is 9.58. The third kappa shape index (κ3) is 2.29. The zero-order valence-electron chi connectivity index (χ0n) is 7.89. The predicted octanol–water partition coefficient (Wildman–Crippen LogP) is -0.0691. The van der Waals surface area contributed by atoms with E-state index in [-0.39, 0.29) is 12.1 Å². The molecule has 0 saturated carbocycles. The minimum Gasteiger partial charge on any atom is -0.389 e. The average molecular weight is 194 g/mol. The molecule has 0 radical (unpaired) electrons. The molecule has 1 aromatic rings. The highest BCUT2D eigenvalue weighted by atomic mass is 16.5. The van der Waals surface area contributed by atoms with E-state index in [2.05, 4.69) is 10.3 Å². The number of nitrogens with one attached hydrogen (secondary N) is 1. The first-order chi connectivity index (χ1) is 6.86. The molecule has 0 bridgehead atoms. The van der Waals surface area contributed by atoms with Crippen LogP contribution in [0.1, 0.15) is 5.56 Å². The number of aromatic nitrogens is 1. The SMILES string of the molecule is OC1COCC1NCc1cccnc1. The Labute approximate surface area is 82.9 Å². The summed E-state index contributed by atoms with van der Waals surface area (Å²) in [6, 6.07) is 3.95. The number of pyridine rings is 1. The number of aliphatic hydroxyl groups excluding tert-OH is 1. The zero-order chi connectivity index (χ0) is 9.80. The Morgan fingerprint density at radius 2 is 2.50 bits per heavy atom. The zero-order valence-corrected chi connectivity index (χ0v) is 7.89. The maximum Gasteiger partial charge on any atom is 0.0948 e. The first-order valence-electron chi connectivity index (χ1n) is 4.74. The molecule has 4 heteroatoms. The van der Waals surface area contributed by atoms with Crippen LogP contribution in [0.15, 0.2) is 24.5 Å². The van der Waals surface area contributed by atoms with E-state index in [0.29, 0.717) is 13.2 Å². The maximum atomic E-state index is 9.46. The molecule has 1 aliphatic rings. The van der Waals surface area contributed by atoms with Crippen molar-refractivity contribution < 1.29 is 9.84 Å². The summed E-state index contributed by atoms with van der Waals surface area (Å²) in [5.74, 6) is 0. The van der Waals surface area contributed by atoms with Gasteiger partial charge in [-0.1, -0.05) is 6.07 Å². The summed E-state index contributed by atoms with van der Waals surface area (Å²) in [5, 5.41) is 12.7. The molecule has 1 saturated heterocycles. The van der Waals surface area contributed by atoms with Crippen molar-refractivity contribution >= 4 is 0 Å². The monoisotopic (exact) mass is 194 g/mol. The van der Waals surface area contributed by atoms with Crippen LogP contribution in [0.5, 0.6) is 0 Å². The van der Waals surface area contributed by atoms with Crippen LogP contribution in [0, 0.1) is 0 Å². The van der Waals surface area contributed by atoms with Crippen molar-refractivity contribution in [3.8, 4) is 0 Å². The van der Waals surface area contributed by atoms with E-state index >= 15 is 0 Å². The van der Waals surface area contributed by atoms with E-state index in [1.54, 1.807) is 6.20 Å². The lowest BCUT2D eigenvalue weighted by Crippen LogP contribution is -2.38. The molecule has 0 spiro atoms. The van der Waals surface area contributed by atoms with Gasteiger partial charge in [-0.25, -0.2) is 0 Å².